The summed E-state index contributed by atoms with van der Waals surface area (Å²) in [4.78, 5) is 39.6. The van der Waals surface area contributed by atoms with Gasteiger partial charge in [0.1, 0.15) is 11.1 Å². The predicted octanol–water partition coefficient (Wildman–Crippen LogP) is 5.13. The molecule has 0 bridgehead atoms. The lowest BCUT2D eigenvalue weighted by atomic mass is 9.98. The molecule has 3 rings (SSSR count). The van der Waals surface area contributed by atoms with Crippen LogP contribution in [0, 0.1) is 0 Å². The fraction of sp³-hybridized carbons (Fsp3) is 0.296. The van der Waals surface area contributed by atoms with Gasteiger partial charge in [-0.05, 0) is 57.9 Å². The highest BCUT2D eigenvalue weighted by Gasteiger charge is 2.25. The lowest BCUT2D eigenvalue weighted by molar-refractivity contribution is 0.0917. The SMILES string of the molecule is CC(C)n1cc(C(=O)N[C@@H](c2ccccc2)c2ccc(Cl)cc2)c(=O)c(C(=O)NC(C)(C)C)c1. The van der Waals surface area contributed by atoms with E-state index >= 15 is 0 Å². The van der Waals surface area contributed by atoms with E-state index in [1.807, 2.05) is 77.1 Å². The molecule has 0 fully saturated rings. The first-order valence-corrected chi connectivity index (χ1v) is 11.5. The quantitative estimate of drug-likeness (QED) is 0.514. The number of benzene rings is 2. The highest BCUT2D eigenvalue weighted by molar-refractivity contribution is 6.30. The van der Waals surface area contributed by atoms with E-state index < -0.39 is 28.8 Å². The Labute approximate surface area is 205 Å². The van der Waals surface area contributed by atoms with Gasteiger partial charge in [0.2, 0.25) is 5.43 Å². The predicted molar refractivity (Wildman–Crippen MR) is 136 cm³/mol. The molecule has 0 aliphatic carbocycles. The van der Waals surface area contributed by atoms with Crippen LogP contribution in [0.5, 0.6) is 0 Å². The van der Waals surface area contributed by atoms with Gasteiger partial charge in [-0.25, -0.2) is 0 Å². The number of rotatable bonds is 6. The molecule has 34 heavy (non-hydrogen) atoms. The lowest BCUT2D eigenvalue weighted by Crippen LogP contribution is -2.43. The van der Waals surface area contributed by atoms with E-state index in [0.717, 1.165) is 11.1 Å². The molecule has 1 aromatic heterocycles. The Balaban J connectivity index is 2.05. The molecule has 0 saturated heterocycles. The molecule has 0 radical (unpaired) electrons. The minimum absolute atomic E-state index is 0.0606. The summed E-state index contributed by atoms with van der Waals surface area (Å²) >= 11 is 6.06. The smallest absolute Gasteiger partial charge is 0.257 e. The Kier molecular flexibility index (Phi) is 7.62. The van der Waals surface area contributed by atoms with Crippen LogP contribution in [0.15, 0.2) is 71.8 Å². The Morgan fingerprint density at radius 3 is 1.91 bits per heavy atom. The molecule has 0 spiro atoms. The Morgan fingerprint density at radius 2 is 1.38 bits per heavy atom. The summed E-state index contributed by atoms with van der Waals surface area (Å²) in [5.41, 5.74) is 0.360. The lowest BCUT2D eigenvalue weighted by Gasteiger charge is -2.22. The van der Waals surface area contributed by atoms with Crippen molar-refractivity contribution in [1.82, 2.24) is 15.2 Å². The minimum atomic E-state index is -0.612. The van der Waals surface area contributed by atoms with Crippen molar-refractivity contribution in [2.45, 2.75) is 52.2 Å². The summed E-state index contributed by atoms with van der Waals surface area (Å²) in [5.74, 6) is -1.08. The van der Waals surface area contributed by atoms with E-state index in [2.05, 4.69) is 10.6 Å². The maximum absolute atomic E-state index is 13.4. The normalized spacial score (nSPS) is 12.3. The molecule has 3 aromatic rings. The van der Waals surface area contributed by atoms with Crippen LogP contribution in [0.4, 0.5) is 0 Å². The third-order valence-electron chi connectivity index (χ3n) is 5.23. The van der Waals surface area contributed by atoms with E-state index in [4.69, 9.17) is 11.6 Å². The van der Waals surface area contributed by atoms with Gasteiger partial charge in [-0.3, -0.25) is 14.4 Å². The number of nitrogens with one attached hydrogen (secondary N) is 2. The highest BCUT2D eigenvalue weighted by Crippen LogP contribution is 2.24. The van der Waals surface area contributed by atoms with Gasteiger partial charge in [0.25, 0.3) is 11.8 Å². The number of carbonyl (C=O) groups excluding carboxylic acids is 2. The molecule has 178 valence electrons. The molecule has 2 aromatic carbocycles. The summed E-state index contributed by atoms with van der Waals surface area (Å²) in [6, 6.07) is 16.1. The van der Waals surface area contributed by atoms with E-state index in [9.17, 15) is 14.4 Å². The van der Waals surface area contributed by atoms with Gasteiger partial charge < -0.3 is 15.2 Å². The van der Waals surface area contributed by atoms with Crippen LogP contribution >= 0.6 is 11.6 Å². The number of aromatic nitrogens is 1. The van der Waals surface area contributed by atoms with Gasteiger partial charge in [0.05, 0.1) is 6.04 Å². The topological polar surface area (TPSA) is 80.2 Å². The standard InChI is InChI=1S/C27H30ClN3O3/c1-17(2)31-15-21(24(32)22(16-31)26(34)30-27(3,4)5)25(33)29-23(18-9-7-6-8-10-18)19-11-13-20(28)14-12-19/h6-17,23H,1-5H3,(H,29,33)(H,30,34)/t23-/m0/s1. The number of hydrogen-bond acceptors (Lipinski definition) is 3. The van der Waals surface area contributed by atoms with Crippen molar-refractivity contribution in [2.75, 3.05) is 0 Å². The van der Waals surface area contributed by atoms with Crippen molar-refractivity contribution in [3.8, 4) is 0 Å². The van der Waals surface area contributed by atoms with Crippen LogP contribution in [0.2, 0.25) is 5.02 Å². The van der Waals surface area contributed by atoms with Crippen LogP contribution in [0.3, 0.4) is 0 Å². The van der Waals surface area contributed by atoms with Crippen molar-refractivity contribution in [1.29, 1.82) is 0 Å². The first-order chi connectivity index (χ1) is 16.0. The van der Waals surface area contributed by atoms with Crippen molar-refractivity contribution in [3.63, 3.8) is 0 Å². The van der Waals surface area contributed by atoms with Gasteiger partial charge >= 0.3 is 0 Å². The van der Waals surface area contributed by atoms with Crippen LogP contribution < -0.4 is 16.1 Å². The molecule has 0 unspecified atom stereocenters. The van der Waals surface area contributed by atoms with E-state index in [1.165, 1.54) is 12.4 Å². The van der Waals surface area contributed by atoms with E-state index in [1.54, 1.807) is 16.7 Å². The fourth-order valence-electron chi connectivity index (χ4n) is 3.50. The van der Waals surface area contributed by atoms with Gasteiger partial charge in [0, 0.05) is 29.0 Å². The monoisotopic (exact) mass is 479 g/mol. The molecule has 6 nitrogen and oxygen atoms in total. The number of nitrogens with zero attached hydrogens (tertiary/aromatic N) is 1. The molecule has 1 atom stereocenters. The summed E-state index contributed by atoms with van der Waals surface area (Å²) in [5, 5.41) is 6.37. The molecule has 0 aliphatic rings. The van der Waals surface area contributed by atoms with E-state index in [-0.39, 0.29) is 17.2 Å². The summed E-state index contributed by atoms with van der Waals surface area (Å²) < 4.78 is 1.70. The zero-order valence-corrected chi connectivity index (χ0v) is 20.8. The molecule has 2 amide bonds. The second kappa shape index (κ2) is 10.3. The fourth-order valence-corrected chi connectivity index (χ4v) is 3.62. The Morgan fingerprint density at radius 1 is 0.853 bits per heavy atom. The molecule has 0 aliphatic heterocycles. The van der Waals surface area contributed by atoms with Crippen molar-refractivity contribution >= 4 is 23.4 Å². The Hall–Kier alpha value is -3.38. The zero-order chi connectivity index (χ0) is 25.0. The Bertz CT molecular complexity index is 1230. The highest BCUT2D eigenvalue weighted by atomic mass is 35.5. The van der Waals surface area contributed by atoms with Crippen LogP contribution in [-0.4, -0.2) is 21.9 Å². The van der Waals surface area contributed by atoms with Crippen molar-refractivity contribution in [2.24, 2.45) is 0 Å². The number of carbonyl (C=O) groups is 2. The van der Waals surface area contributed by atoms with Gasteiger partial charge in [-0.15, -0.1) is 0 Å². The second-order valence-electron chi connectivity index (χ2n) is 9.53. The number of amides is 2. The summed E-state index contributed by atoms with van der Waals surface area (Å²) in [6.07, 6.45) is 3.00. The minimum Gasteiger partial charge on any atom is -0.350 e. The number of hydrogen-bond donors (Lipinski definition) is 2. The summed E-state index contributed by atoms with van der Waals surface area (Å²) in [7, 11) is 0. The van der Waals surface area contributed by atoms with Crippen molar-refractivity contribution in [3.05, 3.63) is 104 Å². The third-order valence-corrected chi connectivity index (χ3v) is 5.48. The molecule has 1 heterocycles. The molecule has 2 N–H and O–H groups in total. The van der Waals surface area contributed by atoms with Crippen LogP contribution in [-0.2, 0) is 0 Å². The average Bonchev–Trinajstić information content (AvgIpc) is 2.77. The number of pyridine rings is 1. The van der Waals surface area contributed by atoms with Gasteiger partial charge in [0.15, 0.2) is 0 Å². The average molecular weight is 480 g/mol. The molecular formula is C27H30ClN3O3. The van der Waals surface area contributed by atoms with Crippen molar-refractivity contribution < 1.29 is 9.59 Å². The van der Waals surface area contributed by atoms with Gasteiger partial charge in [-0.2, -0.15) is 0 Å². The van der Waals surface area contributed by atoms with Crippen LogP contribution in [0.1, 0.15) is 78.5 Å². The summed E-state index contributed by atoms with van der Waals surface area (Å²) in [6.45, 7) is 9.33. The molecule has 0 saturated carbocycles. The largest absolute Gasteiger partial charge is 0.350 e. The van der Waals surface area contributed by atoms with Crippen LogP contribution in [0.25, 0.3) is 0 Å². The molecule has 7 heteroatoms. The zero-order valence-electron chi connectivity index (χ0n) is 20.1. The molecular weight excluding hydrogens is 450 g/mol. The van der Waals surface area contributed by atoms with E-state index in [0.29, 0.717) is 5.02 Å². The maximum atomic E-state index is 13.4. The number of halogens is 1. The second-order valence-corrected chi connectivity index (χ2v) is 9.96. The third kappa shape index (κ3) is 6.14. The first kappa shape index (κ1) is 25.2. The maximum Gasteiger partial charge on any atom is 0.257 e. The van der Waals surface area contributed by atoms with Gasteiger partial charge in [-0.1, -0.05) is 54.1 Å². The first-order valence-electron chi connectivity index (χ1n) is 11.2.